The Morgan fingerprint density at radius 2 is 1.89 bits per heavy atom. The van der Waals surface area contributed by atoms with E-state index in [0.717, 1.165) is 16.9 Å². The molecule has 0 saturated carbocycles. The van der Waals surface area contributed by atoms with Gasteiger partial charge in [0.15, 0.2) is 0 Å². The maximum atomic E-state index is 13.1. The third-order valence-electron chi connectivity index (χ3n) is 2.73. The van der Waals surface area contributed by atoms with Crippen molar-refractivity contribution in [2.75, 3.05) is 0 Å². The lowest BCUT2D eigenvalue weighted by atomic mass is 10.1. The molecule has 0 N–H and O–H groups in total. The van der Waals surface area contributed by atoms with Crippen molar-refractivity contribution in [2.45, 2.75) is 20.5 Å². The summed E-state index contributed by atoms with van der Waals surface area (Å²) in [6.07, 6.45) is 0. The molecule has 2 aromatic carbocycles. The van der Waals surface area contributed by atoms with Crippen LogP contribution in [0.25, 0.3) is 0 Å². The van der Waals surface area contributed by atoms with Gasteiger partial charge in [-0.05, 0) is 49.2 Å². The number of rotatable bonds is 3. The first-order chi connectivity index (χ1) is 8.56. The zero-order chi connectivity index (χ0) is 13.1. The van der Waals surface area contributed by atoms with E-state index in [1.807, 2.05) is 32.0 Å². The summed E-state index contributed by atoms with van der Waals surface area (Å²) < 4.78 is 18.8. The number of hydrogen-bond donors (Lipinski definition) is 0. The zero-order valence-corrected chi connectivity index (χ0v) is 11.1. The molecular weight excluding hydrogens is 251 g/mol. The van der Waals surface area contributed by atoms with Gasteiger partial charge in [0.2, 0.25) is 0 Å². The minimum Gasteiger partial charge on any atom is -0.489 e. The van der Waals surface area contributed by atoms with Crippen LogP contribution in [0.1, 0.15) is 16.7 Å². The van der Waals surface area contributed by atoms with Crippen LogP contribution in [0.3, 0.4) is 0 Å². The summed E-state index contributed by atoms with van der Waals surface area (Å²) in [5.41, 5.74) is 2.83. The Bertz CT molecular complexity index is 515. The highest BCUT2D eigenvalue weighted by Crippen LogP contribution is 2.23. The fourth-order valence-corrected chi connectivity index (χ4v) is 1.84. The molecule has 1 nitrogen and oxygen atoms in total. The van der Waals surface area contributed by atoms with Crippen LogP contribution in [0.15, 0.2) is 36.4 Å². The number of hydrogen-bond acceptors (Lipinski definition) is 1. The van der Waals surface area contributed by atoms with Gasteiger partial charge in [-0.1, -0.05) is 23.7 Å². The third-order valence-corrected chi connectivity index (χ3v) is 3.10. The van der Waals surface area contributed by atoms with Gasteiger partial charge in [-0.15, -0.1) is 0 Å². The molecule has 2 rings (SSSR count). The molecular formula is C15H14ClFO. The predicted octanol–water partition coefficient (Wildman–Crippen LogP) is 4.67. The smallest absolute Gasteiger partial charge is 0.123 e. The highest BCUT2D eigenvalue weighted by atomic mass is 35.5. The molecule has 0 radical (unpaired) electrons. The highest BCUT2D eigenvalue weighted by Gasteiger charge is 2.05. The summed E-state index contributed by atoms with van der Waals surface area (Å²) in [7, 11) is 0. The van der Waals surface area contributed by atoms with E-state index in [2.05, 4.69) is 0 Å². The number of ether oxygens (including phenoxy) is 1. The average molecular weight is 265 g/mol. The highest BCUT2D eigenvalue weighted by molar-refractivity contribution is 6.31. The molecule has 0 aliphatic carbocycles. The van der Waals surface area contributed by atoms with Crippen LogP contribution < -0.4 is 4.74 Å². The van der Waals surface area contributed by atoms with Gasteiger partial charge in [-0.25, -0.2) is 4.39 Å². The summed E-state index contributed by atoms with van der Waals surface area (Å²) in [5, 5.41) is 0.515. The molecule has 2 aromatic rings. The van der Waals surface area contributed by atoms with E-state index < -0.39 is 0 Å². The van der Waals surface area contributed by atoms with Crippen molar-refractivity contribution in [2.24, 2.45) is 0 Å². The second-order valence-electron chi connectivity index (χ2n) is 4.29. The fraction of sp³-hybridized carbons (Fsp3) is 0.200. The minimum atomic E-state index is -0.307. The van der Waals surface area contributed by atoms with Gasteiger partial charge in [0.25, 0.3) is 0 Å². The topological polar surface area (TPSA) is 9.23 Å². The summed E-state index contributed by atoms with van der Waals surface area (Å²) in [6.45, 7) is 4.24. The van der Waals surface area contributed by atoms with Crippen LogP contribution in [-0.4, -0.2) is 0 Å². The average Bonchev–Trinajstić information content (AvgIpc) is 2.34. The molecule has 0 heterocycles. The molecule has 0 unspecified atom stereocenters. The first kappa shape index (κ1) is 12.9. The van der Waals surface area contributed by atoms with Crippen molar-refractivity contribution in [3.05, 3.63) is 63.9 Å². The SMILES string of the molecule is Cc1ccc(C)c(OCc2cc(F)ccc2Cl)c1. The van der Waals surface area contributed by atoms with Crippen molar-refractivity contribution in [3.8, 4) is 5.75 Å². The molecule has 0 saturated heterocycles. The van der Waals surface area contributed by atoms with Gasteiger partial charge in [0.05, 0.1) is 0 Å². The Labute approximate surface area is 111 Å². The summed E-state index contributed by atoms with van der Waals surface area (Å²) in [5.74, 6) is 0.495. The Balaban J connectivity index is 2.16. The maximum Gasteiger partial charge on any atom is 0.123 e. The zero-order valence-electron chi connectivity index (χ0n) is 10.3. The van der Waals surface area contributed by atoms with E-state index in [4.69, 9.17) is 16.3 Å². The Kier molecular flexibility index (Phi) is 3.87. The number of benzene rings is 2. The Hall–Kier alpha value is -1.54. The van der Waals surface area contributed by atoms with Crippen molar-refractivity contribution in [1.82, 2.24) is 0 Å². The standard InChI is InChI=1S/C15H14ClFO/c1-10-3-4-11(2)15(7-10)18-9-12-8-13(17)5-6-14(12)16/h3-8H,9H2,1-2H3. The van der Waals surface area contributed by atoms with Crippen LogP contribution in [0.4, 0.5) is 4.39 Å². The fourth-order valence-electron chi connectivity index (χ4n) is 1.67. The van der Waals surface area contributed by atoms with E-state index >= 15 is 0 Å². The monoisotopic (exact) mass is 264 g/mol. The van der Waals surface area contributed by atoms with Gasteiger partial charge in [-0.2, -0.15) is 0 Å². The van der Waals surface area contributed by atoms with Gasteiger partial charge in [0, 0.05) is 10.6 Å². The van der Waals surface area contributed by atoms with Gasteiger partial charge in [-0.3, -0.25) is 0 Å². The summed E-state index contributed by atoms with van der Waals surface area (Å²) >= 11 is 5.99. The van der Waals surface area contributed by atoms with Crippen LogP contribution in [-0.2, 0) is 6.61 Å². The van der Waals surface area contributed by atoms with Crippen LogP contribution in [0, 0.1) is 19.7 Å². The normalized spacial score (nSPS) is 10.4. The number of aryl methyl sites for hydroxylation is 2. The predicted molar refractivity (Wildman–Crippen MR) is 71.7 cm³/mol. The van der Waals surface area contributed by atoms with Crippen molar-refractivity contribution in [3.63, 3.8) is 0 Å². The van der Waals surface area contributed by atoms with E-state index in [1.54, 1.807) is 6.07 Å². The molecule has 0 bridgehead atoms. The first-order valence-corrected chi connectivity index (χ1v) is 6.08. The van der Waals surface area contributed by atoms with Crippen molar-refractivity contribution >= 4 is 11.6 Å². The third kappa shape index (κ3) is 3.02. The van der Waals surface area contributed by atoms with Crippen molar-refractivity contribution in [1.29, 1.82) is 0 Å². The van der Waals surface area contributed by atoms with Crippen molar-refractivity contribution < 1.29 is 9.13 Å². The Morgan fingerprint density at radius 1 is 1.11 bits per heavy atom. The van der Waals surface area contributed by atoms with Gasteiger partial charge < -0.3 is 4.74 Å². The summed E-state index contributed by atoms with van der Waals surface area (Å²) in [6, 6.07) is 10.3. The lowest BCUT2D eigenvalue weighted by Gasteiger charge is -2.11. The second kappa shape index (κ2) is 5.40. The molecule has 0 aliphatic rings. The molecule has 18 heavy (non-hydrogen) atoms. The van der Waals surface area contributed by atoms with Gasteiger partial charge >= 0.3 is 0 Å². The van der Waals surface area contributed by atoms with E-state index in [1.165, 1.54) is 12.1 Å². The van der Waals surface area contributed by atoms with E-state index in [9.17, 15) is 4.39 Å². The molecule has 0 aliphatic heterocycles. The molecule has 0 fully saturated rings. The molecule has 0 spiro atoms. The summed E-state index contributed by atoms with van der Waals surface area (Å²) in [4.78, 5) is 0. The lowest BCUT2D eigenvalue weighted by molar-refractivity contribution is 0.303. The molecule has 0 amide bonds. The molecule has 0 aromatic heterocycles. The lowest BCUT2D eigenvalue weighted by Crippen LogP contribution is -1.98. The quantitative estimate of drug-likeness (QED) is 0.782. The van der Waals surface area contributed by atoms with E-state index in [0.29, 0.717) is 10.6 Å². The molecule has 94 valence electrons. The van der Waals surface area contributed by atoms with Crippen LogP contribution in [0.2, 0.25) is 5.02 Å². The first-order valence-electron chi connectivity index (χ1n) is 5.70. The van der Waals surface area contributed by atoms with E-state index in [-0.39, 0.29) is 12.4 Å². The minimum absolute atomic E-state index is 0.265. The van der Waals surface area contributed by atoms with Gasteiger partial charge in [0.1, 0.15) is 18.2 Å². The second-order valence-corrected chi connectivity index (χ2v) is 4.70. The Morgan fingerprint density at radius 3 is 2.67 bits per heavy atom. The molecule has 3 heteroatoms. The largest absolute Gasteiger partial charge is 0.489 e. The maximum absolute atomic E-state index is 13.1. The van der Waals surface area contributed by atoms with Crippen LogP contribution >= 0.6 is 11.6 Å². The molecule has 0 atom stereocenters. The number of halogens is 2. The van der Waals surface area contributed by atoms with Crippen LogP contribution in [0.5, 0.6) is 5.75 Å².